The molecule has 0 saturated heterocycles. The molecule has 0 radical (unpaired) electrons. The van der Waals surface area contributed by atoms with Gasteiger partial charge in [0.2, 0.25) is 11.6 Å². The average molecular weight is 712 g/mol. The Bertz CT molecular complexity index is 2360. The summed E-state index contributed by atoms with van der Waals surface area (Å²) in [4.78, 5) is 9.28. The number of nitrogens with zero attached hydrogens (tertiary/aromatic N) is 3. The molecule has 1 aliphatic carbocycles. The molecule has 8 rings (SSSR count). The SMILES string of the molecule is CCC1(CC)c2ccccc2-c2c1c1c(c3ccccc23)OC(c2ccc(F)cc2)(c2ccc(-c3nc(C(F)(F)F)nc(C(F)(F)F)n3)cc2)C=C1. The fraction of sp³-hybridized carbons (Fsp3) is 0.195. The van der Waals surface area contributed by atoms with E-state index in [0.29, 0.717) is 16.9 Å². The van der Waals surface area contributed by atoms with Gasteiger partial charge in [0.25, 0.3) is 0 Å². The molecule has 4 nitrogen and oxygen atoms in total. The molecule has 1 atom stereocenters. The second kappa shape index (κ2) is 11.7. The first-order chi connectivity index (χ1) is 24.8. The lowest BCUT2D eigenvalue weighted by molar-refractivity contribution is -0.155. The van der Waals surface area contributed by atoms with Crippen LogP contribution in [0.5, 0.6) is 5.75 Å². The van der Waals surface area contributed by atoms with E-state index in [1.54, 1.807) is 12.1 Å². The fourth-order valence-corrected chi connectivity index (χ4v) is 7.91. The number of hydrogen-bond donors (Lipinski definition) is 0. The van der Waals surface area contributed by atoms with Crippen molar-refractivity contribution in [3.8, 4) is 28.3 Å². The maximum atomic E-state index is 14.3. The Morgan fingerprint density at radius 2 is 1.21 bits per heavy atom. The molecule has 0 amide bonds. The smallest absolute Gasteiger partial charge is 0.451 e. The number of hydrogen-bond acceptors (Lipinski definition) is 4. The van der Waals surface area contributed by atoms with Crippen molar-refractivity contribution >= 4 is 16.8 Å². The quantitative estimate of drug-likeness (QED) is 0.167. The molecule has 6 aromatic rings. The molecule has 52 heavy (non-hydrogen) atoms. The molecule has 0 bridgehead atoms. The Kier molecular flexibility index (Phi) is 7.57. The molecule has 1 unspecified atom stereocenters. The summed E-state index contributed by atoms with van der Waals surface area (Å²) in [6, 6.07) is 27.9. The second-order valence-electron chi connectivity index (χ2n) is 12.9. The van der Waals surface area contributed by atoms with Crippen LogP contribution in [0, 0.1) is 5.82 Å². The number of halogens is 7. The monoisotopic (exact) mass is 711 g/mol. The minimum absolute atomic E-state index is 0.103. The fourth-order valence-electron chi connectivity index (χ4n) is 7.91. The van der Waals surface area contributed by atoms with Gasteiger partial charge in [-0.1, -0.05) is 105 Å². The minimum atomic E-state index is -5.24. The summed E-state index contributed by atoms with van der Waals surface area (Å²) in [5, 5.41) is 1.85. The normalized spacial score (nSPS) is 17.4. The van der Waals surface area contributed by atoms with Crippen molar-refractivity contribution in [2.75, 3.05) is 0 Å². The third-order valence-corrected chi connectivity index (χ3v) is 10.3. The van der Waals surface area contributed by atoms with Gasteiger partial charge in [-0.15, -0.1) is 0 Å². The maximum Gasteiger partial charge on any atom is 0.451 e. The molecule has 5 aromatic carbocycles. The molecule has 0 spiro atoms. The van der Waals surface area contributed by atoms with E-state index in [1.807, 2.05) is 36.4 Å². The highest BCUT2D eigenvalue weighted by Gasteiger charge is 2.47. The summed E-state index contributed by atoms with van der Waals surface area (Å²) in [7, 11) is 0. The van der Waals surface area contributed by atoms with Gasteiger partial charge in [0.1, 0.15) is 11.6 Å². The van der Waals surface area contributed by atoms with E-state index in [9.17, 15) is 30.7 Å². The van der Waals surface area contributed by atoms with Gasteiger partial charge in [-0.25, -0.2) is 19.3 Å². The summed E-state index contributed by atoms with van der Waals surface area (Å²) in [5.41, 5.74) is 4.87. The first-order valence-electron chi connectivity index (χ1n) is 16.7. The summed E-state index contributed by atoms with van der Waals surface area (Å²) in [5.74, 6) is -4.57. The van der Waals surface area contributed by atoms with E-state index in [-0.39, 0.29) is 11.0 Å². The van der Waals surface area contributed by atoms with Crippen molar-refractivity contribution in [3.63, 3.8) is 0 Å². The highest BCUT2D eigenvalue weighted by molar-refractivity contribution is 6.08. The van der Waals surface area contributed by atoms with Crippen molar-refractivity contribution in [3.05, 3.63) is 148 Å². The van der Waals surface area contributed by atoms with Crippen LogP contribution in [0.25, 0.3) is 39.4 Å². The molecule has 2 heterocycles. The number of alkyl halides is 6. The second-order valence-corrected chi connectivity index (χ2v) is 12.9. The summed E-state index contributed by atoms with van der Waals surface area (Å²) in [6.07, 6.45) is -4.92. The van der Waals surface area contributed by atoms with Gasteiger partial charge in [-0.2, -0.15) is 26.3 Å². The van der Waals surface area contributed by atoms with Crippen molar-refractivity contribution in [1.82, 2.24) is 15.0 Å². The minimum Gasteiger partial charge on any atom is -0.472 e. The van der Waals surface area contributed by atoms with E-state index in [1.165, 1.54) is 47.5 Å². The number of benzene rings is 5. The largest absolute Gasteiger partial charge is 0.472 e. The molecular formula is C41H28F7N3O. The zero-order valence-electron chi connectivity index (χ0n) is 27.7. The molecule has 262 valence electrons. The Morgan fingerprint density at radius 1 is 0.654 bits per heavy atom. The van der Waals surface area contributed by atoms with Crippen molar-refractivity contribution in [2.24, 2.45) is 0 Å². The molecular weight excluding hydrogens is 683 g/mol. The van der Waals surface area contributed by atoms with Crippen LogP contribution in [-0.4, -0.2) is 15.0 Å². The predicted octanol–water partition coefficient (Wildman–Crippen LogP) is 11.3. The Labute approximate surface area is 293 Å². The Hall–Kier alpha value is -5.58. The highest BCUT2D eigenvalue weighted by Crippen LogP contribution is 2.60. The van der Waals surface area contributed by atoms with Gasteiger partial charge in [0.05, 0.1) is 0 Å². The van der Waals surface area contributed by atoms with E-state index in [4.69, 9.17) is 4.74 Å². The van der Waals surface area contributed by atoms with Crippen LogP contribution in [0.2, 0.25) is 0 Å². The van der Waals surface area contributed by atoms with Gasteiger partial charge in [-0.05, 0) is 58.7 Å². The number of ether oxygens (including phenoxy) is 1. The summed E-state index contributed by atoms with van der Waals surface area (Å²) >= 11 is 0. The first kappa shape index (κ1) is 33.6. The topological polar surface area (TPSA) is 47.9 Å². The van der Waals surface area contributed by atoms with Crippen LogP contribution in [0.3, 0.4) is 0 Å². The Morgan fingerprint density at radius 3 is 1.81 bits per heavy atom. The van der Waals surface area contributed by atoms with Crippen LogP contribution in [0.15, 0.2) is 103 Å². The third kappa shape index (κ3) is 5.00. The zero-order valence-corrected chi connectivity index (χ0v) is 27.7. The molecule has 0 fully saturated rings. The van der Waals surface area contributed by atoms with Crippen molar-refractivity contribution < 1.29 is 35.5 Å². The lowest BCUT2D eigenvalue weighted by atomic mass is 9.71. The highest BCUT2D eigenvalue weighted by atomic mass is 19.4. The molecule has 1 aromatic heterocycles. The Balaban J connectivity index is 1.34. The number of fused-ring (bicyclic) bond motifs is 8. The number of aromatic nitrogens is 3. The van der Waals surface area contributed by atoms with Crippen LogP contribution < -0.4 is 4.74 Å². The lowest BCUT2D eigenvalue weighted by Gasteiger charge is -2.39. The van der Waals surface area contributed by atoms with Crippen molar-refractivity contribution in [1.29, 1.82) is 0 Å². The van der Waals surface area contributed by atoms with E-state index < -0.39 is 41.2 Å². The van der Waals surface area contributed by atoms with Crippen molar-refractivity contribution in [2.45, 2.75) is 50.1 Å². The molecule has 11 heteroatoms. The number of rotatable bonds is 5. The maximum absolute atomic E-state index is 14.3. The van der Waals surface area contributed by atoms with Crippen LogP contribution in [0.1, 0.15) is 66.2 Å². The summed E-state index contributed by atoms with van der Waals surface area (Å²) in [6.45, 7) is 4.35. The molecule has 2 aliphatic rings. The molecule has 1 aliphatic heterocycles. The lowest BCUT2D eigenvalue weighted by Crippen LogP contribution is -2.35. The first-order valence-corrected chi connectivity index (χ1v) is 16.7. The standard InChI is InChI=1S/C41H28F7N3O/c1-3-38(4-2)31-12-8-7-11-29(31)32-27-9-5-6-10-28(27)34-30(33(32)38)21-22-39(52-34,25-17-19-26(42)20-18-25)24-15-13-23(14-16-24)35-49-36(40(43,44)45)51-37(50-35)41(46,47)48/h5-22H,3-4H2,1-2H3. The van der Waals surface area contributed by atoms with E-state index in [0.717, 1.165) is 40.3 Å². The molecule has 0 N–H and O–H groups in total. The van der Waals surface area contributed by atoms with Gasteiger partial charge in [-0.3, -0.25) is 0 Å². The van der Waals surface area contributed by atoms with Gasteiger partial charge < -0.3 is 4.74 Å². The van der Waals surface area contributed by atoms with Gasteiger partial charge in [0.15, 0.2) is 11.4 Å². The van der Waals surface area contributed by atoms with Crippen LogP contribution in [-0.2, 0) is 23.4 Å². The van der Waals surface area contributed by atoms with E-state index in [2.05, 4.69) is 53.1 Å². The zero-order chi connectivity index (χ0) is 36.6. The van der Waals surface area contributed by atoms with Crippen LogP contribution >= 0.6 is 0 Å². The van der Waals surface area contributed by atoms with Gasteiger partial charge >= 0.3 is 12.4 Å². The molecule has 0 saturated carbocycles. The van der Waals surface area contributed by atoms with E-state index >= 15 is 0 Å². The van der Waals surface area contributed by atoms with Crippen LogP contribution in [0.4, 0.5) is 30.7 Å². The summed E-state index contributed by atoms with van der Waals surface area (Å²) < 4.78 is 103. The predicted molar refractivity (Wildman–Crippen MR) is 183 cm³/mol. The average Bonchev–Trinajstić information content (AvgIpc) is 3.45. The van der Waals surface area contributed by atoms with Gasteiger partial charge in [0, 0.05) is 33.1 Å². The third-order valence-electron chi connectivity index (χ3n) is 10.3.